The Balaban J connectivity index is 1.89. The van der Waals surface area contributed by atoms with E-state index in [-0.39, 0.29) is 18.7 Å². The van der Waals surface area contributed by atoms with Gasteiger partial charge in [0.05, 0.1) is 24.3 Å². The van der Waals surface area contributed by atoms with Gasteiger partial charge in [0.2, 0.25) is 5.91 Å². The molecule has 0 saturated carbocycles. The quantitative estimate of drug-likeness (QED) is 0.849. The van der Waals surface area contributed by atoms with Crippen LogP contribution in [0.3, 0.4) is 0 Å². The van der Waals surface area contributed by atoms with E-state index in [1.54, 1.807) is 24.3 Å². The van der Waals surface area contributed by atoms with Gasteiger partial charge in [-0.3, -0.25) is 4.79 Å². The number of rotatable bonds is 5. The van der Waals surface area contributed by atoms with E-state index in [4.69, 9.17) is 16.3 Å². The molecule has 0 atom stereocenters. The van der Waals surface area contributed by atoms with Crippen molar-refractivity contribution < 1.29 is 22.7 Å². The normalized spacial score (nSPS) is 11.1. The Bertz CT molecular complexity index is 672. The predicted molar refractivity (Wildman–Crippen MR) is 81.6 cm³/mol. The summed E-state index contributed by atoms with van der Waals surface area (Å²) in [7, 11) is 0. The number of alkyl halides is 3. The first kappa shape index (κ1) is 17.1. The van der Waals surface area contributed by atoms with E-state index >= 15 is 0 Å². The van der Waals surface area contributed by atoms with Crippen LogP contribution in [-0.4, -0.2) is 12.5 Å². The molecule has 0 bridgehead atoms. The molecule has 0 aliphatic rings. The molecule has 0 fully saturated rings. The van der Waals surface area contributed by atoms with Crippen LogP contribution in [0.5, 0.6) is 5.75 Å². The lowest BCUT2D eigenvalue weighted by Gasteiger charge is -2.13. The highest BCUT2D eigenvalue weighted by Crippen LogP contribution is 2.34. The molecule has 0 spiro atoms. The van der Waals surface area contributed by atoms with Gasteiger partial charge in [0, 0.05) is 5.02 Å². The van der Waals surface area contributed by atoms with E-state index in [0.717, 1.165) is 6.07 Å². The van der Waals surface area contributed by atoms with Crippen molar-refractivity contribution in [2.24, 2.45) is 0 Å². The molecule has 0 aromatic heterocycles. The highest BCUT2D eigenvalue weighted by Gasteiger charge is 2.33. The minimum Gasteiger partial charge on any atom is -0.493 e. The lowest BCUT2D eigenvalue weighted by Crippen LogP contribution is -2.18. The SMILES string of the molecule is O=C(CCOc1ccc(Cl)cc1)Nc1ccccc1C(F)(F)F. The maximum atomic E-state index is 12.8. The van der Waals surface area contributed by atoms with Crippen molar-refractivity contribution >= 4 is 23.2 Å². The Hall–Kier alpha value is -2.21. The van der Waals surface area contributed by atoms with Gasteiger partial charge in [0.1, 0.15) is 5.75 Å². The molecular formula is C16H13ClF3NO2. The zero-order chi connectivity index (χ0) is 16.9. The predicted octanol–water partition coefficient (Wildman–Crippen LogP) is 4.77. The number of amides is 1. The van der Waals surface area contributed by atoms with Gasteiger partial charge in [-0.25, -0.2) is 0 Å². The number of hydrogen-bond donors (Lipinski definition) is 1. The largest absolute Gasteiger partial charge is 0.493 e. The molecule has 1 N–H and O–H groups in total. The zero-order valence-corrected chi connectivity index (χ0v) is 12.6. The Labute approximate surface area is 136 Å². The summed E-state index contributed by atoms with van der Waals surface area (Å²) in [5.74, 6) is -0.0337. The summed E-state index contributed by atoms with van der Waals surface area (Å²) in [6, 6.07) is 11.4. The minimum atomic E-state index is -4.52. The van der Waals surface area contributed by atoms with E-state index in [1.165, 1.54) is 18.2 Å². The number of carbonyl (C=O) groups is 1. The van der Waals surface area contributed by atoms with Crippen LogP contribution in [0.2, 0.25) is 5.02 Å². The summed E-state index contributed by atoms with van der Waals surface area (Å²) in [6.45, 7) is 0.0433. The van der Waals surface area contributed by atoms with Gasteiger partial charge in [0.25, 0.3) is 0 Å². The molecule has 0 unspecified atom stereocenters. The van der Waals surface area contributed by atoms with Crippen molar-refractivity contribution in [1.29, 1.82) is 0 Å². The van der Waals surface area contributed by atoms with Crippen molar-refractivity contribution in [3.05, 3.63) is 59.1 Å². The van der Waals surface area contributed by atoms with E-state index in [9.17, 15) is 18.0 Å². The second kappa shape index (κ2) is 7.37. The number of carbonyl (C=O) groups excluding carboxylic acids is 1. The fourth-order valence-corrected chi connectivity index (χ4v) is 1.97. The van der Waals surface area contributed by atoms with Crippen LogP contribution in [0.25, 0.3) is 0 Å². The van der Waals surface area contributed by atoms with E-state index in [1.807, 2.05) is 0 Å². The molecule has 0 aliphatic heterocycles. The van der Waals surface area contributed by atoms with Crippen molar-refractivity contribution in [2.45, 2.75) is 12.6 Å². The first-order valence-corrected chi connectivity index (χ1v) is 7.08. The molecule has 7 heteroatoms. The summed E-state index contributed by atoms with van der Waals surface area (Å²) < 4.78 is 43.8. The average molecular weight is 344 g/mol. The zero-order valence-electron chi connectivity index (χ0n) is 11.9. The summed E-state index contributed by atoms with van der Waals surface area (Å²) in [6.07, 6.45) is -4.60. The van der Waals surface area contributed by atoms with Crippen LogP contribution >= 0.6 is 11.6 Å². The van der Waals surface area contributed by atoms with Crippen molar-refractivity contribution in [3.63, 3.8) is 0 Å². The number of nitrogens with one attached hydrogen (secondary N) is 1. The van der Waals surface area contributed by atoms with Gasteiger partial charge in [-0.2, -0.15) is 13.2 Å². The molecule has 2 aromatic carbocycles. The maximum Gasteiger partial charge on any atom is 0.418 e. The molecule has 0 radical (unpaired) electrons. The Morgan fingerprint density at radius 3 is 2.39 bits per heavy atom. The fraction of sp³-hybridized carbons (Fsp3) is 0.188. The third-order valence-corrected chi connectivity index (χ3v) is 3.17. The summed E-state index contributed by atoms with van der Waals surface area (Å²) >= 11 is 5.73. The van der Waals surface area contributed by atoms with Gasteiger partial charge in [-0.15, -0.1) is 0 Å². The minimum absolute atomic E-state index is 0.0433. The van der Waals surface area contributed by atoms with Crippen LogP contribution in [0.1, 0.15) is 12.0 Å². The second-order valence-electron chi connectivity index (χ2n) is 4.64. The number of halogens is 4. The van der Waals surface area contributed by atoms with Gasteiger partial charge < -0.3 is 10.1 Å². The Morgan fingerprint density at radius 1 is 1.09 bits per heavy atom. The molecule has 0 heterocycles. The number of ether oxygens (including phenoxy) is 1. The van der Waals surface area contributed by atoms with E-state index in [0.29, 0.717) is 10.8 Å². The van der Waals surface area contributed by atoms with Gasteiger partial charge >= 0.3 is 6.18 Å². The third kappa shape index (κ3) is 5.17. The maximum absolute atomic E-state index is 12.8. The molecule has 1 amide bonds. The monoisotopic (exact) mass is 343 g/mol. The highest BCUT2D eigenvalue weighted by molar-refractivity contribution is 6.30. The summed E-state index contributed by atoms with van der Waals surface area (Å²) in [4.78, 5) is 11.8. The number of benzene rings is 2. The molecule has 122 valence electrons. The molecule has 3 nitrogen and oxygen atoms in total. The lowest BCUT2D eigenvalue weighted by atomic mass is 10.1. The van der Waals surface area contributed by atoms with E-state index < -0.39 is 17.6 Å². The van der Waals surface area contributed by atoms with Crippen molar-refractivity contribution in [1.82, 2.24) is 0 Å². The van der Waals surface area contributed by atoms with Crippen LogP contribution in [0.4, 0.5) is 18.9 Å². The third-order valence-electron chi connectivity index (χ3n) is 2.92. The Morgan fingerprint density at radius 2 is 1.74 bits per heavy atom. The standard InChI is InChI=1S/C16H13ClF3NO2/c17-11-5-7-12(8-6-11)23-10-9-15(22)21-14-4-2-1-3-13(14)16(18,19)20/h1-8H,9-10H2,(H,21,22). The number of anilines is 1. The van der Waals surface area contributed by atoms with E-state index in [2.05, 4.69) is 5.32 Å². The van der Waals surface area contributed by atoms with Gasteiger partial charge in [-0.1, -0.05) is 23.7 Å². The molecular weight excluding hydrogens is 331 g/mol. The van der Waals surface area contributed by atoms with Crippen molar-refractivity contribution in [3.8, 4) is 5.75 Å². The topological polar surface area (TPSA) is 38.3 Å². The molecule has 0 aliphatic carbocycles. The molecule has 2 rings (SSSR count). The molecule has 2 aromatic rings. The molecule has 0 saturated heterocycles. The highest BCUT2D eigenvalue weighted by atomic mass is 35.5. The first-order chi connectivity index (χ1) is 10.9. The van der Waals surface area contributed by atoms with Crippen LogP contribution in [0.15, 0.2) is 48.5 Å². The molecule has 23 heavy (non-hydrogen) atoms. The lowest BCUT2D eigenvalue weighted by molar-refractivity contribution is -0.137. The van der Waals surface area contributed by atoms with Crippen molar-refractivity contribution in [2.75, 3.05) is 11.9 Å². The van der Waals surface area contributed by atoms with Gasteiger partial charge in [0.15, 0.2) is 0 Å². The number of hydrogen-bond acceptors (Lipinski definition) is 2. The average Bonchev–Trinajstić information content (AvgIpc) is 2.49. The van der Waals surface area contributed by atoms with Crippen LogP contribution < -0.4 is 10.1 Å². The van der Waals surface area contributed by atoms with Gasteiger partial charge in [-0.05, 0) is 36.4 Å². The van der Waals surface area contributed by atoms with Crippen LogP contribution in [0, 0.1) is 0 Å². The smallest absolute Gasteiger partial charge is 0.418 e. The van der Waals surface area contributed by atoms with Crippen LogP contribution in [-0.2, 0) is 11.0 Å². The summed E-state index contributed by atoms with van der Waals surface area (Å²) in [5.41, 5.74) is -1.15. The fourth-order valence-electron chi connectivity index (χ4n) is 1.84. The second-order valence-corrected chi connectivity index (χ2v) is 5.08. The Kier molecular flexibility index (Phi) is 5.50. The first-order valence-electron chi connectivity index (χ1n) is 6.71. The number of para-hydroxylation sites is 1. The summed E-state index contributed by atoms with van der Waals surface area (Å²) in [5, 5.41) is 2.81.